The summed E-state index contributed by atoms with van der Waals surface area (Å²) >= 11 is 0. The molecule has 0 saturated heterocycles. The van der Waals surface area contributed by atoms with Gasteiger partial charge < -0.3 is 18.9 Å². The van der Waals surface area contributed by atoms with Crippen molar-refractivity contribution in [3.63, 3.8) is 0 Å². The molecule has 0 atom stereocenters. The predicted octanol–water partition coefficient (Wildman–Crippen LogP) is 4.53. The van der Waals surface area contributed by atoms with Gasteiger partial charge in [0.15, 0.2) is 11.6 Å². The molecule has 4 aliphatic heterocycles. The molecule has 0 saturated carbocycles. The minimum Gasteiger partial charge on any atom is -0.458 e. The van der Waals surface area contributed by atoms with Crippen molar-refractivity contribution >= 4 is 46.2 Å². The molecule has 0 bridgehead atoms. The summed E-state index contributed by atoms with van der Waals surface area (Å²) in [6.45, 7) is -0.113. The van der Waals surface area contributed by atoms with Crippen LogP contribution >= 0.6 is 0 Å². The lowest BCUT2D eigenvalue weighted by Gasteiger charge is -2.33. The van der Waals surface area contributed by atoms with E-state index in [1.54, 1.807) is 0 Å². The Morgan fingerprint density at radius 3 is 1.06 bits per heavy atom. The zero-order valence-electron chi connectivity index (χ0n) is 26.1. The van der Waals surface area contributed by atoms with Gasteiger partial charge in [0.2, 0.25) is 5.82 Å². The lowest BCUT2D eigenvalue weighted by molar-refractivity contribution is 0.464. The quantitative estimate of drug-likeness (QED) is 0.254. The van der Waals surface area contributed by atoms with Crippen molar-refractivity contribution in [2.45, 2.75) is 0 Å². The number of rotatable bonds is 2. The van der Waals surface area contributed by atoms with E-state index < -0.39 is 0 Å². The van der Waals surface area contributed by atoms with E-state index in [2.05, 4.69) is 40.3 Å². The molecule has 11 rings (SSSR count). The molecule has 0 radical (unpaired) electrons. The number of aromatic nitrogens is 3. The standard InChI is InChI=1S/C40H20B2N4O4/c43-21-36-44-39(22-17-32-37-33(18-22)48-29-14-6-2-10-25(29)41(37)24-9-1-5-13-28(24)47-32)46-40(45-36)23-19-34-38-35(20-23)50-31-16-8-4-12-27(31)42(38)26-11-3-7-15-30(26)49-34/h1-20H. The van der Waals surface area contributed by atoms with Crippen LogP contribution in [0.15, 0.2) is 121 Å². The molecule has 0 N–H and O–H groups in total. The van der Waals surface area contributed by atoms with Gasteiger partial charge in [-0.3, -0.25) is 0 Å². The van der Waals surface area contributed by atoms with E-state index in [9.17, 15) is 5.26 Å². The monoisotopic (exact) mass is 642 g/mol. The van der Waals surface area contributed by atoms with Gasteiger partial charge in [-0.25, -0.2) is 4.98 Å². The number of para-hydroxylation sites is 4. The first-order valence-electron chi connectivity index (χ1n) is 16.3. The van der Waals surface area contributed by atoms with Gasteiger partial charge in [0.05, 0.1) is 0 Å². The molecule has 0 aliphatic carbocycles. The van der Waals surface area contributed by atoms with Crippen LogP contribution in [0.1, 0.15) is 5.82 Å². The van der Waals surface area contributed by atoms with Crippen LogP contribution in [0, 0.1) is 11.3 Å². The average Bonchev–Trinajstić information content (AvgIpc) is 3.17. The van der Waals surface area contributed by atoms with Gasteiger partial charge in [-0.05, 0) is 70.4 Å². The van der Waals surface area contributed by atoms with Crippen molar-refractivity contribution in [3.05, 3.63) is 127 Å². The second kappa shape index (κ2) is 10.1. The van der Waals surface area contributed by atoms with E-state index in [1.165, 1.54) is 0 Å². The fourth-order valence-corrected chi connectivity index (χ4v) is 7.73. The van der Waals surface area contributed by atoms with Gasteiger partial charge in [-0.1, -0.05) is 72.8 Å². The summed E-state index contributed by atoms with van der Waals surface area (Å²) in [6.07, 6.45) is 0. The van der Waals surface area contributed by atoms with Crippen LogP contribution in [0.5, 0.6) is 46.0 Å². The highest BCUT2D eigenvalue weighted by molar-refractivity contribution is 6.99. The Morgan fingerprint density at radius 1 is 0.420 bits per heavy atom. The van der Waals surface area contributed by atoms with E-state index >= 15 is 0 Å². The first-order valence-corrected chi connectivity index (χ1v) is 16.3. The molecular formula is C40H20B2N4O4. The first kappa shape index (κ1) is 27.1. The minimum absolute atomic E-state index is 0.0199. The van der Waals surface area contributed by atoms with Crippen molar-refractivity contribution in [3.8, 4) is 74.8 Å². The number of nitrogens with zero attached hydrogens (tertiary/aromatic N) is 4. The van der Waals surface area contributed by atoms with Crippen molar-refractivity contribution < 1.29 is 18.9 Å². The largest absolute Gasteiger partial charge is 0.458 e. The smallest absolute Gasteiger partial charge is 0.260 e. The summed E-state index contributed by atoms with van der Waals surface area (Å²) in [5.74, 6) is 6.34. The summed E-state index contributed by atoms with van der Waals surface area (Å²) in [6, 6.07) is 42.1. The van der Waals surface area contributed by atoms with Gasteiger partial charge >= 0.3 is 0 Å². The maximum atomic E-state index is 10.1. The molecule has 4 aliphatic rings. The van der Waals surface area contributed by atoms with E-state index in [0.29, 0.717) is 45.8 Å². The van der Waals surface area contributed by atoms with Crippen molar-refractivity contribution in [1.82, 2.24) is 15.0 Å². The van der Waals surface area contributed by atoms with Crippen LogP contribution in [0.2, 0.25) is 0 Å². The van der Waals surface area contributed by atoms with E-state index in [-0.39, 0.29) is 19.2 Å². The Labute approximate surface area is 286 Å². The van der Waals surface area contributed by atoms with E-state index in [4.69, 9.17) is 23.9 Å². The minimum atomic E-state index is -0.0564. The fraction of sp³-hybridized carbons (Fsp3) is 0. The predicted molar refractivity (Wildman–Crippen MR) is 191 cm³/mol. The average molecular weight is 642 g/mol. The fourth-order valence-electron chi connectivity index (χ4n) is 7.73. The second-order valence-corrected chi connectivity index (χ2v) is 12.6. The Balaban J connectivity index is 1.07. The van der Waals surface area contributed by atoms with Crippen LogP contribution in [0.25, 0.3) is 22.8 Å². The van der Waals surface area contributed by atoms with Gasteiger partial charge in [0.25, 0.3) is 13.4 Å². The van der Waals surface area contributed by atoms with Crippen LogP contribution in [-0.4, -0.2) is 28.4 Å². The Kier molecular flexibility index (Phi) is 5.47. The lowest BCUT2D eigenvalue weighted by atomic mass is 9.35. The lowest BCUT2D eigenvalue weighted by Crippen LogP contribution is -2.57. The normalized spacial score (nSPS) is 13.3. The zero-order chi connectivity index (χ0) is 32.9. The van der Waals surface area contributed by atoms with Gasteiger partial charge in [0.1, 0.15) is 52.1 Å². The summed E-state index contributed by atoms with van der Waals surface area (Å²) in [7, 11) is 0. The highest BCUT2D eigenvalue weighted by Gasteiger charge is 2.42. The SMILES string of the molecule is N#Cc1nc(-c2cc3c4c(c2)Oc2ccccc2B4c2ccccc2O3)nc(-c2cc3c4c(c2)Oc2ccccc2B4c2ccccc2O3)n1. The van der Waals surface area contributed by atoms with Crippen LogP contribution < -0.4 is 51.7 Å². The Bertz CT molecular complexity index is 2360. The number of benzene rings is 6. The maximum absolute atomic E-state index is 10.1. The number of hydrogen-bond donors (Lipinski definition) is 0. The highest BCUT2D eigenvalue weighted by atomic mass is 16.5. The topological polar surface area (TPSA) is 99.4 Å². The molecule has 5 heterocycles. The third kappa shape index (κ3) is 3.86. The Hall–Kier alpha value is -6.85. The Morgan fingerprint density at radius 2 is 0.740 bits per heavy atom. The molecule has 0 amide bonds. The molecule has 1 aromatic heterocycles. The molecule has 8 nitrogen and oxygen atoms in total. The molecule has 6 aromatic carbocycles. The summed E-state index contributed by atoms with van der Waals surface area (Å²) in [5.41, 5.74) is 7.45. The van der Waals surface area contributed by atoms with Gasteiger partial charge in [-0.2, -0.15) is 15.2 Å². The molecule has 10 heteroatoms. The second-order valence-electron chi connectivity index (χ2n) is 12.6. The maximum Gasteiger partial charge on any atom is 0.260 e. The van der Waals surface area contributed by atoms with Gasteiger partial charge in [-0.15, -0.1) is 0 Å². The molecule has 230 valence electrons. The van der Waals surface area contributed by atoms with Crippen molar-refractivity contribution in [1.29, 1.82) is 5.26 Å². The van der Waals surface area contributed by atoms with E-state index in [1.807, 2.05) is 97.1 Å². The summed E-state index contributed by atoms with van der Waals surface area (Å²) in [4.78, 5) is 14.0. The molecule has 0 unspecified atom stereocenters. The first-order chi connectivity index (χ1) is 24.7. The van der Waals surface area contributed by atoms with E-state index in [0.717, 1.165) is 55.8 Å². The number of ether oxygens (including phenoxy) is 4. The zero-order valence-corrected chi connectivity index (χ0v) is 26.1. The van der Waals surface area contributed by atoms with Crippen molar-refractivity contribution in [2.75, 3.05) is 0 Å². The number of nitriles is 1. The van der Waals surface area contributed by atoms with Crippen LogP contribution in [0.3, 0.4) is 0 Å². The third-order valence-corrected chi connectivity index (χ3v) is 9.84. The van der Waals surface area contributed by atoms with Crippen LogP contribution in [0.4, 0.5) is 0 Å². The third-order valence-electron chi connectivity index (χ3n) is 9.84. The summed E-state index contributed by atoms with van der Waals surface area (Å²) < 4.78 is 26.0. The molecule has 50 heavy (non-hydrogen) atoms. The molecule has 0 spiro atoms. The molecule has 7 aromatic rings. The number of hydrogen-bond acceptors (Lipinski definition) is 8. The molecule has 0 fully saturated rings. The number of fused-ring (bicyclic) bond motifs is 8. The molecular weight excluding hydrogens is 622 g/mol. The van der Waals surface area contributed by atoms with Crippen molar-refractivity contribution in [2.24, 2.45) is 0 Å². The van der Waals surface area contributed by atoms with Gasteiger partial charge in [0, 0.05) is 22.1 Å². The highest BCUT2D eigenvalue weighted by Crippen LogP contribution is 2.40. The summed E-state index contributed by atoms with van der Waals surface area (Å²) in [5, 5.41) is 10.1. The van der Waals surface area contributed by atoms with Crippen LogP contribution in [-0.2, 0) is 0 Å².